The Kier molecular flexibility index (Phi) is 7.53. The topological polar surface area (TPSA) is 46.5 Å². The van der Waals surface area contributed by atoms with Gasteiger partial charge >= 0.3 is 35.5 Å². The van der Waals surface area contributed by atoms with Crippen molar-refractivity contribution in [1.82, 2.24) is 0 Å². The molecule has 0 unspecified atom stereocenters. The van der Waals surface area contributed by atoms with E-state index in [-0.39, 0.29) is 35.3 Å². The normalized spacial score (nSPS) is 6.67. The van der Waals surface area contributed by atoms with E-state index in [0.717, 1.165) is 6.26 Å². The molecule has 0 aromatic carbocycles. The summed E-state index contributed by atoms with van der Waals surface area (Å²) in [7, 11) is 0. The van der Waals surface area contributed by atoms with Gasteiger partial charge in [0, 0.05) is 0 Å². The fourth-order valence-corrected chi connectivity index (χ4v) is 0.151. The van der Waals surface area contributed by atoms with Crippen molar-refractivity contribution in [3.05, 3.63) is 25.2 Å². The van der Waals surface area contributed by atoms with E-state index in [1.807, 2.05) is 0 Å². The van der Waals surface area contributed by atoms with Crippen LogP contribution in [0.2, 0.25) is 0 Å². The molecule has 0 aromatic rings. The fourth-order valence-electron chi connectivity index (χ4n) is 0.151. The minimum atomic E-state index is -1.18. The van der Waals surface area contributed by atoms with E-state index >= 15 is 0 Å². The predicted octanol–water partition coefficient (Wildman–Crippen LogP) is 0.0963. The van der Waals surface area contributed by atoms with Crippen molar-refractivity contribution in [1.29, 1.82) is 0 Å². The summed E-state index contributed by atoms with van der Waals surface area (Å²) in [5.41, 5.74) is 0. The Balaban J connectivity index is 0. The van der Waals surface area contributed by atoms with E-state index < -0.39 is 5.97 Å². The molecule has 0 rings (SSSR count). The third-order valence-corrected chi connectivity index (χ3v) is 0.464. The molecule has 4 heteroatoms. The van der Waals surface area contributed by atoms with Crippen LogP contribution in [-0.2, 0) is 9.53 Å². The van der Waals surface area contributed by atoms with Gasteiger partial charge in [0.25, 0.3) is 0 Å². The first kappa shape index (κ1) is 11.5. The molecule has 0 spiro atoms. The van der Waals surface area contributed by atoms with Gasteiger partial charge in [-0.1, -0.05) is 6.58 Å². The number of rotatable bonds is 3. The van der Waals surface area contributed by atoms with Crippen LogP contribution in [0.1, 0.15) is 0 Å². The van der Waals surface area contributed by atoms with E-state index in [0.29, 0.717) is 0 Å². The summed E-state index contributed by atoms with van der Waals surface area (Å²) >= 11 is 0. The van der Waals surface area contributed by atoms with Gasteiger partial charge in [-0.05, 0) is 6.58 Å². The zero-order valence-corrected chi connectivity index (χ0v) is 4.26. The van der Waals surface area contributed by atoms with Gasteiger partial charge in [0.1, 0.15) is 0 Å². The van der Waals surface area contributed by atoms with Gasteiger partial charge in [0.15, 0.2) is 0 Å². The summed E-state index contributed by atoms with van der Waals surface area (Å²) in [4.78, 5) is 9.82. The molecule has 0 atom stereocenters. The first-order chi connectivity index (χ1) is 3.68. The van der Waals surface area contributed by atoms with Crippen molar-refractivity contribution in [3.63, 3.8) is 0 Å². The average Bonchev–Trinajstić information content (AvgIpc) is 1.67. The molecule has 1 N–H and O–H groups in total. The van der Waals surface area contributed by atoms with Crippen LogP contribution in [0, 0.1) is 0 Å². The number of hydrogen-bond donors (Lipinski definition) is 1. The third-order valence-electron chi connectivity index (χ3n) is 0.464. The van der Waals surface area contributed by atoms with Crippen LogP contribution >= 0.6 is 0 Å². The number of carboxylic acids is 1. The van der Waals surface area contributed by atoms with Crippen LogP contribution in [0.25, 0.3) is 0 Å². The predicted molar refractivity (Wildman–Crippen MR) is 35.2 cm³/mol. The standard InChI is InChI=1S/C5H6O3.Na.H/c1-3-8-4(2)5(6)7;;/h3H,1-2H2,(H,6,7);;. The average molecular weight is 138 g/mol. The molecule has 46 valence electrons. The van der Waals surface area contributed by atoms with Crippen molar-refractivity contribution in [3.8, 4) is 0 Å². The van der Waals surface area contributed by atoms with Crippen LogP contribution in [-0.4, -0.2) is 40.6 Å². The maximum absolute atomic E-state index is 9.82. The summed E-state index contributed by atoms with van der Waals surface area (Å²) in [5.74, 6) is -1.50. The molecule has 0 fully saturated rings. The fraction of sp³-hybridized carbons (Fsp3) is 0. The van der Waals surface area contributed by atoms with Crippen LogP contribution < -0.4 is 0 Å². The number of hydrogen-bond acceptors (Lipinski definition) is 2. The summed E-state index contributed by atoms with van der Waals surface area (Å²) < 4.78 is 4.27. The van der Waals surface area contributed by atoms with Crippen LogP contribution in [0.3, 0.4) is 0 Å². The van der Waals surface area contributed by atoms with Gasteiger partial charge in [-0.3, -0.25) is 0 Å². The first-order valence-electron chi connectivity index (χ1n) is 1.88. The van der Waals surface area contributed by atoms with Crippen LogP contribution in [0.5, 0.6) is 0 Å². The molecule has 0 saturated heterocycles. The summed E-state index contributed by atoms with van der Waals surface area (Å²) in [6.45, 7) is 6.19. The quantitative estimate of drug-likeness (QED) is 0.341. The zero-order chi connectivity index (χ0) is 6.57. The number of carbonyl (C=O) groups is 1. The number of aliphatic carboxylic acids is 1. The summed E-state index contributed by atoms with van der Waals surface area (Å²) in [5, 5.41) is 8.04. The molecule has 0 aliphatic carbocycles. The molecule has 0 aliphatic rings. The monoisotopic (exact) mass is 138 g/mol. The molecule has 3 nitrogen and oxygen atoms in total. The number of carboxylic acid groups (broad SMARTS) is 1. The Hall–Kier alpha value is -0.250. The van der Waals surface area contributed by atoms with E-state index in [1.165, 1.54) is 0 Å². The van der Waals surface area contributed by atoms with E-state index in [4.69, 9.17) is 5.11 Å². The maximum atomic E-state index is 9.82. The van der Waals surface area contributed by atoms with Crippen LogP contribution in [0.15, 0.2) is 25.2 Å². The van der Waals surface area contributed by atoms with Gasteiger partial charge in [-0.2, -0.15) is 0 Å². The minimum absolute atomic E-state index is 0. The summed E-state index contributed by atoms with van der Waals surface area (Å²) in [6.07, 6.45) is 1.01. The van der Waals surface area contributed by atoms with E-state index in [2.05, 4.69) is 17.9 Å². The third kappa shape index (κ3) is 5.62. The van der Waals surface area contributed by atoms with Gasteiger partial charge in [-0.15, -0.1) is 0 Å². The molecule has 0 bridgehead atoms. The van der Waals surface area contributed by atoms with E-state index in [1.54, 1.807) is 0 Å². The SMILES string of the molecule is C=COC(=C)C(=O)O.[NaH]. The first-order valence-corrected chi connectivity index (χ1v) is 1.88. The Bertz CT molecular complexity index is 130. The number of ether oxygens (including phenoxy) is 1. The molecule has 0 amide bonds. The van der Waals surface area contributed by atoms with Crippen LogP contribution in [0.4, 0.5) is 0 Å². The molecule has 9 heavy (non-hydrogen) atoms. The van der Waals surface area contributed by atoms with E-state index in [9.17, 15) is 4.79 Å². The molecule has 0 saturated carbocycles. The zero-order valence-electron chi connectivity index (χ0n) is 4.26. The Labute approximate surface area is 75.3 Å². The molecule has 0 aromatic heterocycles. The summed E-state index contributed by atoms with van der Waals surface area (Å²) in [6, 6.07) is 0. The second kappa shape index (κ2) is 5.88. The molecule has 0 aliphatic heterocycles. The molecular formula is C5H7NaO3. The van der Waals surface area contributed by atoms with Crippen molar-refractivity contribution >= 4 is 35.5 Å². The second-order valence-corrected chi connectivity index (χ2v) is 1.01. The molecule has 0 heterocycles. The van der Waals surface area contributed by atoms with Gasteiger partial charge < -0.3 is 9.84 Å². The molecule has 0 radical (unpaired) electrons. The Morgan fingerprint density at radius 3 is 2.22 bits per heavy atom. The van der Waals surface area contributed by atoms with Crippen molar-refractivity contribution in [2.75, 3.05) is 0 Å². The molecular weight excluding hydrogens is 131 g/mol. The van der Waals surface area contributed by atoms with Gasteiger partial charge in [-0.25, -0.2) is 4.79 Å². The van der Waals surface area contributed by atoms with Crippen molar-refractivity contribution in [2.45, 2.75) is 0 Å². The van der Waals surface area contributed by atoms with Gasteiger partial charge in [0.05, 0.1) is 6.26 Å². The second-order valence-electron chi connectivity index (χ2n) is 1.01. The van der Waals surface area contributed by atoms with Gasteiger partial charge in [0.2, 0.25) is 5.76 Å². The Morgan fingerprint density at radius 1 is 1.67 bits per heavy atom. The van der Waals surface area contributed by atoms with Crippen molar-refractivity contribution in [2.24, 2.45) is 0 Å². The van der Waals surface area contributed by atoms with Crippen molar-refractivity contribution < 1.29 is 14.6 Å². The Morgan fingerprint density at radius 2 is 2.11 bits per heavy atom.